The second-order valence-corrected chi connectivity index (χ2v) is 6.78. The molecular formula is C18H30ClN3O. The molecule has 0 aliphatic carbocycles. The van der Waals surface area contributed by atoms with Gasteiger partial charge in [0.1, 0.15) is 0 Å². The number of hydrogen-bond acceptors (Lipinski definition) is 4. The van der Waals surface area contributed by atoms with Crippen LogP contribution in [0.1, 0.15) is 19.4 Å². The maximum atomic E-state index is 10.3. The first-order chi connectivity index (χ1) is 11.1. The monoisotopic (exact) mass is 339 g/mol. The highest BCUT2D eigenvalue weighted by molar-refractivity contribution is 6.30. The summed E-state index contributed by atoms with van der Waals surface area (Å²) in [5.41, 5.74) is 1.31. The van der Waals surface area contributed by atoms with E-state index >= 15 is 0 Å². The topological polar surface area (TPSA) is 30.0 Å². The summed E-state index contributed by atoms with van der Waals surface area (Å²) in [7, 11) is 0. The lowest BCUT2D eigenvalue weighted by molar-refractivity contribution is 0.0509. The van der Waals surface area contributed by atoms with Gasteiger partial charge in [-0.3, -0.25) is 9.80 Å². The van der Waals surface area contributed by atoms with E-state index in [4.69, 9.17) is 11.6 Å². The van der Waals surface area contributed by atoms with Crippen molar-refractivity contribution in [2.24, 2.45) is 0 Å². The zero-order chi connectivity index (χ0) is 16.7. The van der Waals surface area contributed by atoms with Crippen LogP contribution in [0.3, 0.4) is 0 Å². The fraction of sp³-hybridized carbons (Fsp3) is 0.667. The largest absolute Gasteiger partial charge is 0.390 e. The van der Waals surface area contributed by atoms with Crippen LogP contribution in [0.2, 0.25) is 5.02 Å². The van der Waals surface area contributed by atoms with Gasteiger partial charge in [0.2, 0.25) is 0 Å². The van der Waals surface area contributed by atoms with Gasteiger partial charge in [-0.1, -0.05) is 37.6 Å². The number of rotatable bonds is 8. The van der Waals surface area contributed by atoms with Gasteiger partial charge in [-0.25, -0.2) is 0 Å². The second-order valence-electron chi connectivity index (χ2n) is 6.34. The smallest absolute Gasteiger partial charge is 0.0793 e. The number of aliphatic hydroxyl groups excluding tert-OH is 1. The highest BCUT2D eigenvalue weighted by Gasteiger charge is 2.20. The van der Waals surface area contributed by atoms with E-state index in [1.165, 1.54) is 5.56 Å². The summed E-state index contributed by atoms with van der Waals surface area (Å²) in [6, 6.07) is 8.11. The molecule has 1 saturated heterocycles. The summed E-state index contributed by atoms with van der Waals surface area (Å²) in [6.45, 7) is 13.0. The molecule has 5 heteroatoms. The highest BCUT2D eigenvalue weighted by atomic mass is 35.5. The number of piperazine rings is 1. The fourth-order valence-electron chi connectivity index (χ4n) is 3.11. The normalized spacial score (nSPS) is 18.5. The number of benzene rings is 1. The lowest BCUT2D eigenvalue weighted by Crippen LogP contribution is -2.49. The Bertz CT molecular complexity index is 442. The minimum absolute atomic E-state index is 0.252. The fourth-order valence-corrected chi connectivity index (χ4v) is 3.24. The highest BCUT2D eigenvalue weighted by Crippen LogP contribution is 2.13. The van der Waals surface area contributed by atoms with E-state index < -0.39 is 0 Å². The number of hydrogen-bond donors (Lipinski definition) is 1. The predicted octanol–water partition coefficient (Wildman–Crippen LogP) is 2.16. The van der Waals surface area contributed by atoms with Gasteiger partial charge in [0.05, 0.1) is 6.10 Å². The summed E-state index contributed by atoms with van der Waals surface area (Å²) < 4.78 is 0. The van der Waals surface area contributed by atoms with E-state index in [9.17, 15) is 5.11 Å². The van der Waals surface area contributed by atoms with E-state index in [1.807, 2.05) is 12.1 Å². The molecule has 1 aliphatic rings. The quantitative estimate of drug-likeness (QED) is 0.786. The lowest BCUT2D eigenvalue weighted by atomic mass is 10.2. The summed E-state index contributed by atoms with van der Waals surface area (Å²) >= 11 is 5.93. The first-order valence-electron chi connectivity index (χ1n) is 8.70. The molecule has 1 N–H and O–H groups in total. The van der Waals surface area contributed by atoms with Gasteiger partial charge in [-0.2, -0.15) is 0 Å². The first kappa shape index (κ1) is 18.7. The number of halogens is 1. The molecule has 0 spiro atoms. The average Bonchev–Trinajstić information content (AvgIpc) is 2.56. The predicted molar refractivity (Wildman–Crippen MR) is 97.0 cm³/mol. The number of nitrogens with zero attached hydrogens (tertiary/aromatic N) is 3. The molecule has 0 saturated carbocycles. The summed E-state index contributed by atoms with van der Waals surface area (Å²) in [5, 5.41) is 11.0. The minimum Gasteiger partial charge on any atom is -0.390 e. The molecule has 1 aliphatic heterocycles. The zero-order valence-electron chi connectivity index (χ0n) is 14.4. The maximum Gasteiger partial charge on any atom is 0.0793 e. The van der Waals surface area contributed by atoms with E-state index in [0.717, 1.165) is 63.9 Å². The molecule has 1 heterocycles. The number of likely N-dealkylation sites (N-methyl/N-ethyl adjacent to an activating group) is 1. The summed E-state index contributed by atoms with van der Waals surface area (Å²) in [6.07, 6.45) is -0.252. The van der Waals surface area contributed by atoms with Crippen LogP contribution in [0.15, 0.2) is 24.3 Å². The molecule has 1 aromatic carbocycles. The first-order valence-corrected chi connectivity index (χ1v) is 9.08. The Kier molecular flexibility index (Phi) is 7.80. The van der Waals surface area contributed by atoms with Crippen molar-refractivity contribution in [1.29, 1.82) is 0 Å². The SMILES string of the molecule is CCN(CC)C[C@H](O)CN1CCN(Cc2ccc(Cl)cc2)CC1. The number of β-amino-alcohol motifs (C(OH)–C–C–N with tert-alkyl or cyclic N) is 1. The van der Waals surface area contributed by atoms with Crippen LogP contribution in [0.4, 0.5) is 0 Å². The van der Waals surface area contributed by atoms with E-state index in [0.29, 0.717) is 0 Å². The van der Waals surface area contributed by atoms with Crippen LogP contribution in [-0.4, -0.2) is 78.3 Å². The summed E-state index contributed by atoms with van der Waals surface area (Å²) in [5.74, 6) is 0. The Morgan fingerprint density at radius 3 is 2.17 bits per heavy atom. The summed E-state index contributed by atoms with van der Waals surface area (Å²) in [4.78, 5) is 7.13. The van der Waals surface area contributed by atoms with Crippen molar-refractivity contribution < 1.29 is 5.11 Å². The van der Waals surface area contributed by atoms with Crippen molar-refractivity contribution >= 4 is 11.6 Å². The lowest BCUT2D eigenvalue weighted by Gasteiger charge is -2.36. The standard InChI is InChI=1S/C18H30ClN3O/c1-3-20(4-2)14-18(23)15-22-11-9-21(10-12-22)13-16-5-7-17(19)8-6-16/h5-8,18,23H,3-4,9-15H2,1-2H3/t18-/m0/s1. The van der Waals surface area contributed by atoms with Crippen LogP contribution in [-0.2, 0) is 6.54 Å². The molecule has 1 atom stereocenters. The Labute approximate surface area is 145 Å². The molecule has 0 aromatic heterocycles. The van der Waals surface area contributed by atoms with Gasteiger partial charge in [0, 0.05) is 50.8 Å². The third-order valence-electron chi connectivity index (χ3n) is 4.62. The number of aliphatic hydroxyl groups is 1. The third-order valence-corrected chi connectivity index (χ3v) is 4.87. The van der Waals surface area contributed by atoms with Crippen molar-refractivity contribution in [2.45, 2.75) is 26.5 Å². The van der Waals surface area contributed by atoms with E-state index in [2.05, 4.69) is 40.7 Å². The Morgan fingerprint density at radius 1 is 1.04 bits per heavy atom. The molecule has 0 bridgehead atoms. The van der Waals surface area contributed by atoms with E-state index in [1.54, 1.807) is 0 Å². The molecule has 0 amide bonds. The Hall–Kier alpha value is -0.650. The van der Waals surface area contributed by atoms with Crippen molar-refractivity contribution in [3.8, 4) is 0 Å². The molecule has 23 heavy (non-hydrogen) atoms. The van der Waals surface area contributed by atoms with Crippen molar-refractivity contribution in [3.05, 3.63) is 34.9 Å². The van der Waals surface area contributed by atoms with Gasteiger partial charge in [-0.15, -0.1) is 0 Å². The van der Waals surface area contributed by atoms with Crippen molar-refractivity contribution in [3.63, 3.8) is 0 Å². The van der Waals surface area contributed by atoms with Crippen LogP contribution >= 0.6 is 11.6 Å². The van der Waals surface area contributed by atoms with Gasteiger partial charge >= 0.3 is 0 Å². The van der Waals surface area contributed by atoms with Crippen LogP contribution in [0.5, 0.6) is 0 Å². The molecule has 1 fully saturated rings. The van der Waals surface area contributed by atoms with Gasteiger partial charge < -0.3 is 10.0 Å². The molecular weight excluding hydrogens is 310 g/mol. The van der Waals surface area contributed by atoms with Crippen LogP contribution in [0.25, 0.3) is 0 Å². The molecule has 0 radical (unpaired) electrons. The van der Waals surface area contributed by atoms with Gasteiger partial charge in [0.25, 0.3) is 0 Å². The molecule has 4 nitrogen and oxygen atoms in total. The molecule has 130 valence electrons. The van der Waals surface area contributed by atoms with Crippen molar-refractivity contribution in [2.75, 3.05) is 52.4 Å². The third kappa shape index (κ3) is 6.40. The minimum atomic E-state index is -0.252. The van der Waals surface area contributed by atoms with Crippen LogP contribution in [0, 0.1) is 0 Å². The van der Waals surface area contributed by atoms with Crippen molar-refractivity contribution in [1.82, 2.24) is 14.7 Å². The second kappa shape index (κ2) is 9.60. The van der Waals surface area contributed by atoms with Crippen LogP contribution < -0.4 is 0 Å². The molecule has 2 rings (SSSR count). The maximum absolute atomic E-state index is 10.3. The van der Waals surface area contributed by atoms with E-state index in [-0.39, 0.29) is 6.10 Å². The Morgan fingerprint density at radius 2 is 1.61 bits per heavy atom. The average molecular weight is 340 g/mol. The van der Waals surface area contributed by atoms with Gasteiger partial charge in [0.15, 0.2) is 0 Å². The van der Waals surface area contributed by atoms with Gasteiger partial charge in [-0.05, 0) is 30.8 Å². The molecule has 0 unspecified atom stereocenters. The molecule has 1 aromatic rings. The zero-order valence-corrected chi connectivity index (χ0v) is 15.2. The Balaban J connectivity index is 1.70.